The fourth-order valence-corrected chi connectivity index (χ4v) is 3.04. The smallest absolute Gasteiger partial charge is 0.253 e. The topological polar surface area (TPSA) is 78.0 Å². The molecule has 0 bridgehead atoms. The first kappa shape index (κ1) is 13.6. The first-order chi connectivity index (χ1) is 10.0. The molecule has 0 saturated carbocycles. The zero-order chi connectivity index (χ0) is 15.0. The third kappa shape index (κ3) is 2.27. The van der Waals surface area contributed by atoms with Crippen molar-refractivity contribution < 1.29 is 8.42 Å². The van der Waals surface area contributed by atoms with Crippen LogP contribution in [0.4, 0.5) is 5.69 Å². The van der Waals surface area contributed by atoms with E-state index in [1.54, 1.807) is 13.1 Å². The Balaban J connectivity index is 2.20. The summed E-state index contributed by atoms with van der Waals surface area (Å²) in [5, 5.41) is 5.88. The molecule has 21 heavy (non-hydrogen) atoms. The Kier molecular flexibility index (Phi) is 3.17. The van der Waals surface area contributed by atoms with E-state index in [0.717, 1.165) is 26.0 Å². The minimum absolute atomic E-state index is 0.0105. The molecule has 0 saturated heterocycles. The molecule has 3 aromatic rings. The number of fused-ring (bicyclic) bond motifs is 1. The van der Waals surface area contributed by atoms with Crippen molar-refractivity contribution >= 4 is 26.5 Å². The highest BCUT2D eigenvalue weighted by molar-refractivity contribution is 7.89. The lowest BCUT2D eigenvalue weighted by Gasteiger charge is -2.06. The molecule has 0 spiro atoms. The predicted molar refractivity (Wildman–Crippen MR) is 84.4 cm³/mol. The largest absolute Gasteiger partial charge is 0.398 e. The molecule has 0 amide bonds. The Morgan fingerprint density at radius 1 is 1.14 bits per heavy atom. The molecule has 108 valence electrons. The monoisotopic (exact) mass is 301 g/mol. The number of rotatable bonds is 3. The number of nitrogen functional groups attached to an aromatic ring is 1. The van der Waals surface area contributed by atoms with E-state index < -0.39 is 10.0 Å². The molecule has 0 aliphatic rings. The minimum Gasteiger partial charge on any atom is -0.398 e. The van der Waals surface area contributed by atoms with Crippen LogP contribution in [0.2, 0.25) is 0 Å². The van der Waals surface area contributed by atoms with E-state index >= 15 is 0 Å². The minimum atomic E-state index is -3.37. The van der Waals surface area contributed by atoms with Gasteiger partial charge in [-0.25, -0.2) is 8.42 Å². The zero-order valence-electron chi connectivity index (χ0n) is 11.5. The van der Waals surface area contributed by atoms with E-state index in [2.05, 4.69) is 5.10 Å². The summed E-state index contributed by atoms with van der Waals surface area (Å²) in [5.74, 6) is 0.0105. The van der Waals surface area contributed by atoms with Crippen LogP contribution in [-0.2, 0) is 10.0 Å². The van der Waals surface area contributed by atoms with Gasteiger partial charge >= 0.3 is 0 Å². The average Bonchev–Trinajstić information content (AvgIpc) is 2.98. The van der Waals surface area contributed by atoms with Gasteiger partial charge < -0.3 is 5.73 Å². The standard InChI is InChI=1S/C15H15N3O2S/c1-2-21(19,20)18-10-11(9-17-18)12-5-3-7-14-13(12)6-4-8-15(14)16/h3-10H,2,16H2,1H3. The number of nitrogens with two attached hydrogens (primary N) is 1. The van der Waals surface area contributed by atoms with Crippen molar-refractivity contribution in [1.29, 1.82) is 0 Å². The van der Waals surface area contributed by atoms with Gasteiger partial charge in [0.25, 0.3) is 10.0 Å². The Morgan fingerprint density at radius 2 is 1.86 bits per heavy atom. The van der Waals surface area contributed by atoms with Gasteiger partial charge in [-0.15, -0.1) is 0 Å². The number of anilines is 1. The van der Waals surface area contributed by atoms with Crippen molar-refractivity contribution in [3.05, 3.63) is 48.8 Å². The number of hydrogen-bond acceptors (Lipinski definition) is 4. The molecule has 1 aromatic heterocycles. The second-order valence-electron chi connectivity index (χ2n) is 4.75. The summed E-state index contributed by atoms with van der Waals surface area (Å²) in [5.41, 5.74) is 8.35. The lowest BCUT2D eigenvalue weighted by molar-refractivity contribution is 0.581. The van der Waals surface area contributed by atoms with Crippen LogP contribution in [-0.4, -0.2) is 23.4 Å². The maximum Gasteiger partial charge on any atom is 0.253 e. The van der Waals surface area contributed by atoms with Gasteiger partial charge in [0.1, 0.15) is 0 Å². The van der Waals surface area contributed by atoms with E-state index in [9.17, 15) is 8.42 Å². The van der Waals surface area contributed by atoms with E-state index in [-0.39, 0.29) is 5.75 Å². The quantitative estimate of drug-likeness (QED) is 0.754. The third-order valence-corrected chi connectivity index (χ3v) is 4.98. The molecule has 0 radical (unpaired) electrons. The van der Waals surface area contributed by atoms with Crippen LogP contribution < -0.4 is 5.73 Å². The molecule has 0 unspecified atom stereocenters. The number of nitrogens with zero attached hydrogens (tertiary/aromatic N) is 2. The molecule has 0 fully saturated rings. The van der Waals surface area contributed by atoms with Crippen molar-refractivity contribution in [2.75, 3.05) is 11.5 Å². The Labute approximate surface area is 123 Å². The van der Waals surface area contributed by atoms with Gasteiger partial charge in [0.2, 0.25) is 0 Å². The van der Waals surface area contributed by atoms with Gasteiger partial charge in [-0.1, -0.05) is 30.3 Å². The average molecular weight is 301 g/mol. The van der Waals surface area contributed by atoms with Crippen LogP contribution in [0.25, 0.3) is 21.9 Å². The second-order valence-corrected chi connectivity index (χ2v) is 6.87. The van der Waals surface area contributed by atoms with Crippen molar-refractivity contribution in [1.82, 2.24) is 9.19 Å². The molecule has 6 heteroatoms. The molecule has 0 atom stereocenters. The fourth-order valence-electron chi connectivity index (χ4n) is 2.31. The Morgan fingerprint density at radius 3 is 2.62 bits per heavy atom. The van der Waals surface area contributed by atoms with Gasteiger partial charge in [-0.2, -0.15) is 9.19 Å². The van der Waals surface area contributed by atoms with Crippen LogP contribution in [0.15, 0.2) is 48.8 Å². The summed E-state index contributed by atoms with van der Waals surface area (Å²) in [4.78, 5) is 0. The van der Waals surface area contributed by atoms with Gasteiger partial charge in [-0.05, 0) is 23.9 Å². The molecule has 0 aliphatic carbocycles. The summed E-state index contributed by atoms with van der Waals surface area (Å²) in [6.45, 7) is 1.59. The van der Waals surface area contributed by atoms with Crippen molar-refractivity contribution in [2.45, 2.75) is 6.92 Å². The van der Waals surface area contributed by atoms with Crippen LogP contribution in [0.3, 0.4) is 0 Å². The lowest BCUT2D eigenvalue weighted by Crippen LogP contribution is -2.14. The van der Waals surface area contributed by atoms with Crippen LogP contribution in [0.1, 0.15) is 6.92 Å². The predicted octanol–water partition coefficient (Wildman–Crippen LogP) is 2.48. The van der Waals surface area contributed by atoms with E-state index in [1.807, 2.05) is 36.4 Å². The van der Waals surface area contributed by atoms with E-state index in [4.69, 9.17) is 5.73 Å². The molecular formula is C15H15N3O2S. The molecule has 2 aromatic carbocycles. The highest BCUT2D eigenvalue weighted by atomic mass is 32.2. The lowest BCUT2D eigenvalue weighted by atomic mass is 10.00. The molecule has 0 aliphatic heterocycles. The van der Waals surface area contributed by atoms with Crippen molar-refractivity contribution in [3.8, 4) is 11.1 Å². The summed E-state index contributed by atoms with van der Waals surface area (Å²) in [7, 11) is -3.37. The molecule has 3 rings (SSSR count). The van der Waals surface area contributed by atoms with E-state index in [0.29, 0.717) is 5.69 Å². The highest BCUT2D eigenvalue weighted by Crippen LogP contribution is 2.31. The molecule has 5 nitrogen and oxygen atoms in total. The van der Waals surface area contributed by atoms with Gasteiger partial charge in [0, 0.05) is 16.6 Å². The summed E-state index contributed by atoms with van der Waals surface area (Å²) >= 11 is 0. The zero-order valence-corrected chi connectivity index (χ0v) is 12.3. The number of hydrogen-bond donors (Lipinski definition) is 1. The van der Waals surface area contributed by atoms with Gasteiger partial charge in [0.15, 0.2) is 0 Å². The maximum atomic E-state index is 11.8. The highest BCUT2D eigenvalue weighted by Gasteiger charge is 2.14. The summed E-state index contributed by atoms with van der Waals surface area (Å²) in [6.07, 6.45) is 3.10. The molecule has 2 N–H and O–H groups in total. The van der Waals surface area contributed by atoms with Crippen molar-refractivity contribution in [2.24, 2.45) is 0 Å². The number of benzene rings is 2. The van der Waals surface area contributed by atoms with Crippen molar-refractivity contribution in [3.63, 3.8) is 0 Å². The molecular weight excluding hydrogens is 286 g/mol. The van der Waals surface area contributed by atoms with Crippen LogP contribution >= 0.6 is 0 Å². The first-order valence-corrected chi connectivity index (χ1v) is 8.19. The molecule has 1 heterocycles. The fraction of sp³-hybridized carbons (Fsp3) is 0.133. The Hall–Kier alpha value is -2.34. The number of aromatic nitrogens is 2. The van der Waals surface area contributed by atoms with Gasteiger partial charge in [-0.3, -0.25) is 0 Å². The van der Waals surface area contributed by atoms with Crippen LogP contribution in [0, 0.1) is 0 Å². The van der Waals surface area contributed by atoms with Crippen LogP contribution in [0.5, 0.6) is 0 Å². The van der Waals surface area contributed by atoms with E-state index in [1.165, 1.54) is 6.20 Å². The summed E-state index contributed by atoms with van der Waals surface area (Å²) in [6, 6.07) is 11.5. The van der Waals surface area contributed by atoms with Gasteiger partial charge in [0.05, 0.1) is 18.1 Å². The normalized spacial score (nSPS) is 11.9. The Bertz CT molecular complexity index is 914. The first-order valence-electron chi connectivity index (χ1n) is 6.58. The second kappa shape index (κ2) is 4.89. The third-order valence-electron chi connectivity index (χ3n) is 3.48. The summed E-state index contributed by atoms with van der Waals surface area (Å²) < 4.78 is 24.7. The SMILES string of the molecule is CCS(=O)(=O)n1cc(-c2cccc3c(N)cccc23)cn1. The maximum absolute atomic E-state index is 11.8.